The van der Waals surface area contributed by atoms with Crippen molar-refractivity contribution in [2.24, 2.45) is 0 Å². The zero-order valence-electron chi connectivity index (χ0n) is 11.5. The van der Waals surface area contributed by atoms with Crippen LogP contribution in [0.25, 0.3) is 0 Å². The minimum Gasteiger partial charge on any atom is -0.362 e. The summed E-state index contributed by atoms with van der Waals surface area (Å²) in [6, 6.07) is 18.5. The first-order valence-electron chi connectivity index (χ1n) is 6.93. The van der Waals surface area contributed by atoms with Gasteiger partial charge in [-0.05, 0) is 24.6 Å². The van der Waals surface area contributed by atoms with Crippen molar-refractivity contribution in [2.75, 3.05) is 10.2 Å². The summed E-state index contributed by atoms with van der Waals surface area (Å²) in [5, 5.41) is 2.99. The molecule has 0 unspecified atom stereocenters. The molecular weight excluding hydrogens is 248 g/mol. The molecule has 1 aliphatic rings. The lowest BCUT2D eigenvalue weighted by Crippen LogP contribution is -2.33. The van der Waals surface area contributed by atoms with Crippen LogP contribution in [0.1, 0.15) is 18.9 Å². The van der Waals surface area contributed by atoms with E-state index in [9.17, 15) is 4.79 Å². The molecule has 1 heterocycles. The lowest BCUT2D eigenvalue weighted by molar-refractivity contribution is -0.116. The third-order valence-electron chi connectivity index (χ3n) is 3.70. The van der Waals surface area contributed by atoms with Gasteiger partial charge >= 0.3 is 0 Å². The van der Waals surface area contributed by atoms with E-state index in [1.807, 2.05) is 36.4 Å². The molecule has 0 saturated carbocycles. The molecule has 3 heteroatoms. The Balaban J connectivity index is 1.97. The molecule has 0 aliphatic carbocycles. The normalized spacial score (nSPS) is 18.1. The van der Waals surface area contributed by atoms with Crippen LogP contribution in [-0.2, 0) is 11.3 Å². The molecule has 0 aromatic heterocycles. The number of rotatable bonds is 2. The van der Waals surface area contributed by atoms with Gasteiger partial charge in [-0.1, -0.05) is 42.5 Å². The Hall–Kier alpha value is -2.29. The zero-order valence-corrected chi connectivity index (χ0v) is 11.5. The number of fused-ring (bicyclic) bond motifs is 1. The quantitative estimate of drug-likeness (QED) is 0.903. The maximum absolute atomic E-state index is 11.9. The van der Waals surface area contributed by atoms with Gasteiger partial charge in [-0.25, -0.2) is 0 Å². The van der Waals surface area contributed by atoms with E-state index in [1.54, 1.807) is 0 Å². The van der Waals surface area contributed by atoms with E-state index >= 15 is 0 Å². The summed E-state index contributed by atoms with van der Waals surface area (Å²) in [6.45, 7) is 2.92. The number of carbonyl (C=O) groups excluding carboxylic acids is 1. The second-order valence-electron chi connectivity index (χ2n) is 5.23. The van der Waals surface area contributed by atoms with Gasteiger partial charge in [0.05, 0.1) is 11.4 Å². The van der Waals surface area contributed by atoms with Gasteiger partial charge in [-0.2, -0.15) is 0 Å². The highest BCUT2D eigenvalue weighted by Gasteiger charge is 2.24. The standard InChI is InChI=1S/C17H18N2O/c1-13-11-17(20)18-15-9-5-6-10-16(15)19(13)12-14-7-3-2-4-8-14/h2-10,13H,11-12H2,1H3,(H,18,20)/t13-/m0/s1. The van der Waals surface area contributed by atoms with Crippen molar-refractivity contribution in [3.05, 3.63) is 60.2 Å². The van der Waals surface area contributed by atoms with E-state index in [-0.39, 0.29) is 11.9 Å². The van der Waals surface area contributed by atoms with Crippen molar-refractivity contribution in [2.45, 2.75) is 25.9 Å². The van der Waals surface area contributed by atoms with Crippen LogP contribution >= 0.6 is 0 Å². The van der Waals surface area contributed by atoms with Gasteiger partial charge in [-0.3, -0.25) is 4.79 Å². The lowest BCUT2D eigenvalue weighted by Gasteiger charge is -2.30. The summed E-state index contributed by atoms with van der Waals surface area (Å²) in [5.74, 6) is 0.0838. The minimum absolute atomic E-state index is 0.0838. The summed E-state index contributed by atoms with van der Waals surface area (Å²) in [5.41, 5.74) is 3.25. The zero-order chi connectivity index (χ0) is 13.9. The van der Waals surface area contributed by atoms with Crippen molar-refractivity contribution in [3.63, 3.8) is 0 Å². The monoisotopic (exact) mass is 266 g/mol. The Labute approximate surface area is 119 Å². The van der Waals surface area contributed by atoms with Crippen molar-refractivity contribution in [3.8, 4) is 0 Å². The highest BCUT2D eigenvalue weighted by molar-refractivity contribution is 5.96. The largest absolute Gasteiger partial charge is 0.362 e. The molecule has 3 rings (SSSR count). The minimum atomic E-state index is 0.0838. The number of nitrogens with zero attached hydrogens (tertiary/aromatic N) is 1. The highest BCUT2D eigenvalue weighted by Crippen LogP contribution is 2.32. The van der Waals surface area contributed by atoms with Gasteiger partial charge < -0.3 is 10.2 Å². The van der Waals surface area contributed by atoms with Crippen LogP contribution in [-0.4, -0.2) is 11.9 Å². The third-order valence-corrected chi connectivity index (χ3v) is 3.70. The number of hydrogen-bond acceptors (Lipinski definition) is 2. The highest BCUT2D eigenvalue weighted by atomic mass is 16.1. The van der Waals surface area contributed by atoms with Gasteiger partial charge in [0.25, 0.3) is 0 Å². The van der Waals surface area contributed by atoms with Crippen LogP contribution in [0, 0.1) is 0 Å². The second-order valence-corrected chi connectivity index (χ2v) is 5.23. The Morgan fingerprint density at radius 2 is 1.80 bits per heavy atom. The van der Waals surface area contributed by atoms with Crippen molar-refractivity contribution in [1.82, 2.24) is 0 Å². The number of hydrogen-bond donors (Lipinski definition) is 1. The first kappa shape index (κ1) is 12.7. The fraction of sp³-hybridized carbons (Fsp3) is 0.235. The molecule has 0 fully saturated rings. The topological polar surface area (TPSA) is 32.3 Å². The van der Waals surface area contributed by atoms with E-state index in [4.69, 9.17) is 0 Å². The van der Waals surface area contributed by atoms with Crippen molar-refractivity contribution < 1.29 is 4.79 Å². The average Bonchev–Trinajstić information content (AvgIpc) is 2.57. The van der Waals surface area contributed by atoms with E-state index in [2.05, 4.69) is 35.3 Å². The third kappa shape index (κ3) is 2.52. The Morgan fingerprint density at radius 3 is 2.60 bits per heavy atom. The number of nitrogens with one attached hydrogen (secondary N) is 1. The first-order valence-corrected chi connectivity index (χ1v) is 6.93. The maximum Gasteiger partial charge on any atom is 0.226 e. The first-order chi connectivity index (χ1) is 9.74. The fourth-order valence-electron chi connectivity index (χ4n) is 2.67. The molecule has 1 atom stereocenters. The smallest absolute Gasteiger partial charge is 0.226 e. The van der Waals surface area contributed by atoms with Gasteiger partial charge in [0, 0.05) is 19.0 Å². The molecule has 1 amide bonds. The number of para-hydroxylation sites is 2. The Morgan fingerprint density at radius 1 is 1.10 bits per heavy atom. The molecule has 2 aromatic rings. The van der Waals surface area contributed by atoms with E-state index in [0.29, 0.717) is 6.42 Å². The summed E-state index contributed by atoms with van der Waals surface area (Å²) < 4.78 is 0. The van der Waals surface area contributed by atoms with Gasteiger partial charge in [0.15, 0.2) is 0 Å². The fourth-order valence-corrected chi connectivity index (χ4v) is 2.67. The Kier molecular flexibility index (Phi) is 3.42. The summed E-state index contributed by atoms with van der Waals surface area (Å²) >= 11 is 0. The van der Waals surface area contributed by atoms with E-state index < -0.39 is 0 Å². The second kappa shape index (κ2) is 5.37. The molecule has 20 heavy (non-hydrogen) atoms. The van der Waals surface area contributed by atoms with Gasteiger partial charge in [0.1, 0.15) is 0 Å². The van der Waals surface area contributed by atoms with Gasteiger partial charge in [0.2, 0.25) is 5.91 Å². The van der Waals surface area contributed by atoms with E-state index in [1.165, 1.54) is 5.56 Å². The predicted octanol–water partition coefficient (Wildman–Crippen LogP) is 3.42. The number of amides is 1. The SMILES string of the molecule is C[C@H]1CC(=O)Nc2ccccc2N1Cc1ccccc1. The van der Waals surface area contributed by atoms with Crippen LogP contribution in [0.15, 0.2) is 54.6 Å². The molecule has 0 radical (unpaired) electrons. The van der Waals surface area contributed by atoms with Crippen LogP contribution < -0.4 is 10.2 Å². The molecule has 0 saturated heterocycles. The molecule has 3 nitrogen and oxygen atoms in total. The average molecular weight is 266 g/mol. The molecule has 0 spiro atoms. The maximum atomic E-state index is 11.9. The predicted molar refractivity (Wildman–Crippen MR) is 81.8 cm³/mol. The number of carbonyl (C=O) groups is 1. The number of benzene rings is 2. The summed E-state index contributed by atoms with van der Waals surface area (Å²) in [6.07, 6.45) is 0.515. The van der Waals surface area contributed by atoms with Crippen LogP contribution in [0.4, 0.5) is 11.4 Å². The lowest BCUT2D eigenvalue weighted by atomic mass is 10.1. The molecule has 2 aromatic carbocycles. The Bertz CT molecular complexity index is 609. The summed E-state index contributed by atoms with van der Waals surface area (Å²) in [7, 11) is 0. The van der Waals surface area contributed by atoms with Crippen LogP contribution in [0.2, 0.25) is 0 Å². The van der Waals surface area contributed by atoms with Gasteiger partial charge in [-0.15, -0.1) is 0 Å². The molecule has 0 bridgehead atoms. The molecular formula is C17H18N2O. The van der Waals surface area contributed by atoms with Crippen molar-refractivity contribution in [1.29, 1.82) is 0 Å². The number of anilines is 2. The molecule has 1 aliphatic heterocycles. The van der Waals surface area contributed by atoms with Crippen molar-refractivity contribution >= 4 is 17.3 Å². The molecule has 1 N–H and O–H groups in total. The van der Waals surface area contributed by atoms with E-state index in [0.717, 1.165) is 17.9 Å². The van der Waals surface area contributed by atoms with Crippen LogP contribution in [0.3, 0.4) is 0 Å². The van der Waals surface area contributed by atoms with Crippen LogP contribution in [0.5, 0.6) is 0 Å². The molecule has 102 valence electrons. The summed E-state index contributed by atoms with van der Waals surface area (Å²) in [4.78, 5) is 14.2.